The molecule has 16 heavy (non-hydrogen) atoms. The molecule has 0 aromatic carbocycles. The van der Waals surface area contributed by atoms with Crippen LogP contribution in [0.25, 0.3) is 0 Å². The van der Waals surface area contributed by atoms with Crippen LogP contribution in [0.2, 0.25) is 0 Å². The Morgan fingerprint density at radius 1 is 1.38 bits per heavy atom. The second kappa shape index (κ2) is 10.4. The molecule has 2 nitrogen and oxygen atoms in total. The van der Waals surface area contributed by atoms with Crippen molar-refractivity contribution >= 4 is 44.2 Å². The van der Waals surface area contributed by atoms with Crippen molar-refractivity contribution in [1.82, 2.24) is 4.90 Å². The molecule has 1 atom stereocenters. The van der Waals surface area contributed by atoms with Crippen LogP contribution in [0.4, 0.5) is 0 Å². The lowest BCUT2D eigenvalue weighted by molar-refractivity contribution is 0.641. The summed E-state index contributed by atoms with van der Waals surface area (Å²) in [5, 5.41) is 10.1. The minimum atomic E-state index is 0.0128. The summed E-state index contributed by atoms with van der Waals surface area (Å²) in [7, 11) is 3.83. The fourth-order valence-corrected chi connectivity index (χ4v) is 2.69. The third kappa shape index (κ3) is 8.37. The van der Waals surface area contributed by atoms with Crippen molar-refractivity contribution < 1.29 is 0 Å². The molecular weight excluding hydrogens is 304 g/mol. The van der Waals surface area contributed by atoms with Crippen molar-refractivity contribution in [2.75, 3.05) is 19.4 Å². The highest BCUT2D eigenvalue weighted by atomic mass is 79.9. The summed E-state index contributed by atoms with van der Waals surface area (Å²) in [4.78, 5) is 1.88. The van der Waals surface area contributed by atoms with Gasteiger partial charge in [0.2, 0.25) is 0 Å². The first-order valence-electron chi connectivity index (χ1n) is 5.45. The minimum Gasteiger partial charge on any atom is -0.364 e. The van der Waals surface area contributed by atoms with Crippen LogP contribution in [0.5, 0.6) is 0 Å². The predicted octanol–water partition coefficient (Wildman–Crippen LogP) is 3.80. The molecule has 0 fully saturated rings. The van der Waals surface area contributed by atoms with Crippen LogP contribution >= 0.6 is 39.9 Å². The number of alkyl halides is 1. The maximum atomic E-state index is 9.00. The van der Waals surface area contributed by atoms with Crippen molar-refractivity contribution in [2.45, 2.75) is 37.4 Å². The number of hydrogen-bond donors (Lipinski definition) is 0. The largest absolute Gasteiger partial charge is 0.364 e. The topological polar surface area (TPSA) is 27.0 Å². The van der Waals surface area contributed by atoms with E-state index in [-0.39, 0.29) is 5.25 Å². The summed E-state index contributed by atoms with van der Waals surface area (Å²) in [6.45, 7) is 0. The van der Waals surface area contributed by atoms with Crippen molar-refractivity contribution in [3.05, 3.63) is 0 Å². The van der Waals surface area contributed by atoms with E-state index < -0.39 is 0 Å². The second-order valence-corrected chi connectivity index (χ2v) is 6.42. The number of hydrogen-bond acceptors (Lipinski definition) is 3. The molecule has 92 valence electrons. The van der Waals surface area contributed by atoms with Gasteiger partial charge in [0.1, 0.15) is 4.32 Å². The Morgan fingerprint density at radius 3 is 2.50 bits per heavy atom. The van der Waals surface area contributed by atoms with Crippen molar-refractivity contribution in [1.29, 1.82) is 5.26 Å². The number of thioether (sulfide) groups is 1. The second-order valence-electron chi connectivity index (χ2n) is 3.79. The van der Waals surface area contributed by atoms with Gasteiger partial charge < -0.3 is 4.90 Å². The highest BCUT2D eigenvalue weighted by Gasteiger charge is 2.11. The van der Waals surface area contributed by atoms with Gasteiger partial charge in [0.05, 0.1) is 11.3 Å². The number of rotatable bonds is 7. The summed E-state index contributed by atoms with van der Waals surface area (Å²) in [5.41, 5.74) is 0. The molecule has 1 unspecified atom stereocenters. The molecule has 5 heteroatoms. The lowest BCUT2D eigenvalue weighted by Gasteiger charge is -2.15. The van der Waals surface area contributed by atoms with E-state index in [0.717, 1.165) is 22.5 Å². The number of halogens is 1. The molecule has 0 saturated carbocycles. The monoisotopic (exact) mass is 322 g/mol. The fraction of sp³-hybridized carbons (Fsp3) is 0.818. The number of nitrogens with zero attached hydrogens (tertiary/aromatic N) is 2. The van der Waals surface area contributed by atoms with Crippen molar-refractivity contribution in [2.24, 2.45) is 0 Å². The molecule has 0 aromatic rings. The smallest absolute Gasteiger partial charge is 0.137 e. The van der Waals surface area contributed by atoms with Crippen LogP contribution in [-0.2, 0) is 0 Å². The highest BCUT2D eigenvalue weighted by Crippen LogP contribution is 2.20. The third-order valence-corrected chi connectivity index (χ3v) is 4.51. The van der Waals surface area contributed by atoms with Crippen LogP contribution in [0.1, 0.15) is 32.1 Å². The molecule has 0 rings (SSSR count). The molecule has 0 aliphatic heterocycles. The summed E-state index contributed by atoms with van der Waals surface area (Å²) < 4.78 is 0.798. The maximum Gasteiger partial charge on any atom is 0.137 e. The van der Waals surface area contributed by atoms with Crippen LogP contribution in [0.15, 0.2) is 0 Å². The lowest BCUT2D eigenvalue weighted by atomic mass is 10.1. The molecule has 0 aromatic heterocycles. The lowest BCUT2D eigenvalue weighted by Crippen LogP contribution is -2.19. The van der Waals surface area contributed by atoms with Gasteiger partial charge in [-0.2, -0.15) is 5.26 Å². The van der Waals surface area contributed by atoms with E-state index in [4.69, 9.17) is 17.5 Å². The average Bonchev–Trinajstić information content (AvgIpc) is 2.26. The summed E-state index contributed by atoms with van der Waals surface area (Å²) in [5.74, 6) is 0. The van der Waals surface area contributed by atoms with E-state index in [0.29, 0.717) is 0 Å². The standard InChI is InChI=1S/C11H19BrN2S2/c1-14(2)11(15)16-10(9-13)7-5-3-4-6-8-12/h10H,3-8H2,1-2H3. The number of thiocarbonyl (C=S) groups is 1. The summed E-state index contributed by atoms with van der Waals surface area (Å²) >= 11 is 10.1. The highest BCUT2D eigenvalue weighted by molar-refractivity contribution is 9.09. The van der Waals surface area contributed by atoms with Gasteiger partial charge in [0.15, 0.2) is 0 Å². The van der Waals surface area contributed by atoms with Crippen molar-refractivity contribution in [3.8, 4) is 6.07 Å². The summed E-state index contributed by atoms with van der Waals surface area (Å²) in [6.07, 6.45) is 5.73. The molecule has 0 saturated heterocycles. The van der Waals surface area contributed by atoms with E-state index >= 15 is 0 Å². The molecule has 0 radical (unpaired) electrons. The van der Waals surface area contributed by atoms with Gasteiger partial charge in [0, 0.05) is 19.4 Å². The third-order valence-electron chi connectivity index (χ3n) is 2.10. The van der Waals surface area contributed by atoms with Crippen molar-refractivity contribution in [3.63, 3.8) is 0 Å². The predicted molar refractivity (Wildman–Crippen MR) is 80.2 cm³/mol. The van der Waals surface area contributed by atoms with Gasteiger partial charge in [-0.05, 0) is 12.8 Å². The van der Waals surface area contributed by atoms with Gasteiger partial charge in [-0.3, -0.25) is 0 Å². The average molecular weight is 323 g/mol. The van der Waals surface area contributed by atoms with E-state index in [1.165, 1.54) is 31.0 Å². The van der Waals surface area contributed by atoms with E-state index in [1.54, 1.807) is 0 Å². The Hall–Kier alpha value is 0.210. The molecule has 0 bridgehead atoms. The first kappa shape index (κ1) is 16.2. The molecule has 0 heterocycles. The Morgan fingerprint density at radius 2 is 2.00 bits per heavy atom. The Balaban J connectivity index is 3.68. The van der Waals surface area contributed by atoms with Gasteiger partial charge >= 0.3 is 0 Å². The van der Waals surface area contributed by atoms with Gasteiger partial charge in [-0.15, -0.1) is 0 Å². The molecule has 0 amide bonds. The van der Waals surface area contributed by atoms with E-state index in [2.05, 4.69) is 22.0 Å². The van der Waals surface area contributed by atoms with E-state index in [1.807, 2.05) is 19.0 Å². The SMILES string of the molecule is CN(C)C(=S)SC(C#N)CCCCCCBr. The number of nitriles is 1. The normalized spacial score (nSPS) is 11.9. The Labute approximate surface area is 117 Å². The Kier molecular flexibility index (Phi) is 10.5. The quantitative estimate of drug-likeness (QED) is 0.404. The van der Waals surface area contributed by atoms with Crippen LogP contribution < -0.4 is 0 Å². The zero-order chi connectivity index (χ0) is 12.4. The van der Waals surface area contributed by atoms with Crippen LogP contribution in [-0.4, -0.2) is 33.9 Å². The van der Waals surface area contributed by atoms with Crippen LogP contribution in [0.3, 0.4) is 0 Å². The van der Waals surface area contributed by atoms with Gasteiger partial charge in [0.25, 0.3) is 0 Å². The molecule has 0 aliphatic rings. The molecular formula is C11H19BrN2S2. The molecule has 0 spiro atoms. The van der Waals surface area contributed by atoms with Crippen LogP contribution in [0, 0.1) is 11.3 Å². The zero-order valence-electron chi connectivity index (χ0n) is 9.91. The van der Waals surface area contributed by atoms with E-state index in [9.17, 15) is 0 Å². The Bertz CT molecular complexity index is 239. The van der Waals surface area contributed by atoms with Gasteiger partial charge in [-0.25, -0.2) is 0 Å². The molecule has 0 N–H and O–H groups in total. The maximum absolute atomic E-state index is 9.00. The van der Waals surface area contributed by atoms with Gasteiger partial charge in [-0.1, -0.05) is 59.2 Å². The zero-order valence-corrected chi connectivity index (χ0v) is 13.1. The first-order chi connectivity index (χ1) is 7.61. The molecule has 0 aliphatic carbocycles. The number of unbranched alkanes of at least 4 members (excludes halogenated alkanes) is 3. The fourth-order valence-electron chi connectivity index (χ4n) is 1.15. The minimum absolute atomic E-state index is 0.0128. The summed E-state index contributed by atoms with van der Waals surface area (Å²) in [6, 6.07) is 2.32. The first-order valence-corrected chi connectivity index (χ1v) is 7.86.